The first kappa shape index (κ1) is 21.1. The van der Waals surface area contributed by atoms with Gasteiger partial charge in [0.1, 0.15) is 10.6 Å². The number of rotatable bonds is 6. The number of carbonyl (C=O) groups is 1. The topological polar surface area (TPSA) is 110 Å². The van der Waals surface area contributed by atoms with Crippen LogP contribution in [0.25, 0.3) is 0 Å². The molecule has 1 heterocycles. The molecule has 2 aromatic rings. The van der Waals surface area contributed by atoms with Crippen molar-refractivity contribution in [2.45, 2.75) is 25.2 Å². The van der Waals surface area contributed by atoms with Gasteiger partial charge in [-0.05, 0) is 36.2 Å². The van der Waals surface area contributed by atoms with Crippen LogP contribution < -0.4 is 13.8 Å². The first-order valence-corrected chi connectivity index (χ1v) is 12.1. The smallest absolute Gasteiger partial charge is 0.265 e. The molecule has 0 radical (unpaired) electrons. The molecule has 1 unspecified atom stereocenters. The predicted octanol–water partition coefficient (Wildman–Crippen LogP) is 2.37. The van der Waals surface area contributed by atoms with Crippen molar-refractivity contribution in [3.63, 3.8) is 0 Å². The number of carbonyl (C=O) groups excluding carboxylic acids is 1. The second-order valence-electron chi connectivity index (χ2n) is 6.73. The number of aryl methyl sites for hydroxylation is 1. The summed E-state index contributed by atoms with van der Waals surface area (Å²) in [5, 5.41) is 0. The molecule has 1 aliphatic heterocycles. The number of methoxy groups -OCH3 is 1. The van der Waals surface area contributed by atoms with Crippen molar-refractivity contribution in [1.29, 1.82) is 0 Å². The normalized spacial score (nSPS) is 18.7. The van der Waals surface area contributed by atoms with Gasteiger partial charge in [-0.25, -0.2) is 21.1 Å². The molecular formula is C19H22N2O6S2. The van der Waals surface area contributed by atoms with Crippen LogP contribution in [0.1, 0.15) is 19.4 Å². The third-order valence-corrected chi connectivity index (χ3v) is 7.93. The van der Waals surface area contributed by atoms with Crippen LogP contribution >= 0.6 is 0 Å². The van der Waals surface area contributed by atoms with E-state index in [0.717, 1.165) is 11.6 Å². The Labute approximate surface area is 170 Å². The minimum Gasteiger partial charge on any atom is -0.495 e. The highest BCUT2D eigenvalue weighted by Crippen LogP contribution is 2.35. The lowest BCUT2D eigenvalue weighted by Gasteiger charge is -2.19. The number of anilines is 2. The van der Waals surface area contributed by atoms with Crippen molar-refractivity contribution in [3.05, 3.63) is 48.0 Å². The van der Waals surface area contributed by atoms with Crippen molar-refractivity contribution >= 4 is 37.3 Å². The summed E-state index contributed by atoms with van der Waals surface area (Å²) < 4.78 is 59.3. The Hall–Kier alpha value is -2.59. The molecule has 1 aliphatic rings. The van der Waals surface area contributed by atoms with E-state index in [9.17, 15) is 21.6 Å². The van der Waals surface area contributed by atoms with E-state index in [1.165, 1.54) is 26.2 Å². The van der Waals surface area contributed by atoms with Gasteiger partial charge in [0, 0.05) is 0 Å². The molecule has 0 spiro atoms. The van der Waals surface area contributed by atoms with Crippen LogP contribution in [0, 0.1) is 5.92 Å². The molecule has 0 aliphatic carbocycles. The van der Waals surface area contributed by atoms with Crippen LogP contribution in [0.4, 0.5) is 11.4 Å². The monoisotopic (exact) mass is 438 g/mol. The molecule has 1 atom stereocenters. The van der Waals surface area contributed by atoms with Crippen molar-refractivity contribution in [2.75, 3.05) is 21.9 Å². The van der Waals surface area contributed by atoms with Crippen molar-refractivity contribution in [2.24, 2.45) is 5.92 Å². The van der Waals surface area contributed by atoms with E-state index in [2.05, 4.69) is 4.72 Å². The fraction of sp³-hybridized carbons (Fsp3) is 0.316. The zero-order valence-corrected chi connectivity index (χ0v) is 17.9. The Balaban J connectivity index is 2.09. The van der Waals surface area contributed by atoms with Gasteiger partial charge in [-0.15, -0.1) is 0 Å². The largest absolute Gasteiger partial charge is 0.495 e. The molecule has 1 saturated heterocycles. The maximum atomic E-state index is 13.1. The molecule has 1 fully saturated rings. The van der Waals surface area contributed by atoms with Gasteiger partial charge in [0.2, 0.25) is 15.9 Å². The van der Waals surface area contributed by atoms with Gasteiger partial charge < -0.3 is 4.74 Å². The fourth-order valence-corrected chi connectivity index (χ4v) is 6.32. The van der Waals surface area contributed by atoms with Gasteiger partial charge in [-0.1, -0.05) is 32.0 Å². The Morgan fingerprint density at radius 1 is 1.21 bits per heavy atom. The zero-order valence-electron chi connectivity index (χ0n) is 16.2. The quantitative estimate of drug-likeness (QED) is 0.741. The van der Waals surface area contributed by atoms with Gasteiger partial charge in [-0.3, -0.25) is 9.52 Å². The zero-order chi connectivity index (χ0) is 21.4. The highest BCUT2D eigenvalue weighted by atomic mass is 32.2. The highest BCUT2D eigenvalue weighted by molar-refractivity contribution is 7.94. The van der Waals surface area contributed by atoms with Crippen molar-refractivity contribution < 1.29 is 26.4 Å². The maximum Gasteiger partial charge on any atom is 0.265 e. The molecule has 8 nitrogen and oxygen atoms in total. The minimum absolute atomic E-state index is 0.0346. The van der Waals surface area contributed by atoms with Gasteiger partial charge >= 0.3 is 0 Å². The van der Waals surface area contributed by atoms with E-state index < -0.39 is 31.9 Å². The van der Waals surface area contributed by atoms with Gasteiger partial charge in [0.15, 0.2) is 0 Å². The van der Waals surface area contributed by atoms with E-state index in [1.54, 1.807) is 12.1 Å². The van der Waals surface area contributed by atoms with Gasteiger partial charge in [-0.2, -0.15) is 0 Å². The predicted molar refractivity (Wildman–Crippen MR) is 110 cm³/mol. The molecule has 0 bridgehead atoms. The Morgan fingerprint density at radius 3 is 2.48 bits per heavy atom. The summed E-state index contributed by atoms with van der Waals surface area (Å²) in [6, 6.07) is 10.8. The molecule has 0 saturated carbocycles. The van der Waals surface area contributed by atoms with Gasteiger partial charge in [0.25, 0.3) is 10.0 Å². The third-order valence-electron chi connectivity index (χ3n) is 4.67. The average Bonchev–Trinajstić information content (AvgIpc) is 2.88. The lowest BCUT2D eigenvalue weighted by Crippen LogP contribution is -2.30. The molecule has 156 valence electrons. The number of para-hydroxylation sites is 1. The average molecular weight is 439 g/mol. The fourth-order valence-electron chi connectivity index (χ4n) is 3.22. The second kappa shape index (κ2) is 7.68. The number of benzene rings is 2. The number of nitrogens with zero attached hydrogens (tertiary/aromatic N) is 1. The van der Waals surface area contributed by atoms with E-state index in [1.807, 2.05) is 19.1 Å². The summed E-state index contributed by atoms with van der Waals surface area (Å²) in [6.07, 6.45) is 0.619. The minimum atomic E-state index is -4.12. The molecule has 10 heteroatoms. The Kier molecular flexibility index (Phi) is 5.59. The van der Waals surface area contributed by atoms with Gasteiger partial charge in [0.05, 0.1) is 30.2 Å². The number of amides is 1. The summed E-state index contributed by atoms with van der Waals surface area (Å²) in [4.78, 5) is 12.1. The Morgan fingerprint density at radius 2 is 1.90 bits per heavy atom. The van der Waals surface area contributed by atoms with Crippen LogP contribution in [0.15, 0.2) is 47.4 Å². The SMILES string of the molecule is CCc1ccccc1NS(=O)(=O)c1cc(N2C(=O)C(C)CS2(=O)=O)ccc1OC. The number of ether oxygens (including phenoxy) is 1. The summed E-state index contributed by atoms with van der Waals surface area (Å²) in [6.45, 7) is 3.42. The van der Waals surface area contributed by atoms with Crippen LogP contribution in [0.3, 0.4) is 0 Å². The second-order valence-corrected chi connectivity index (χ2v) is 10.2. The van der Waals surface area contributed by atoms with E-state index in [4.69, 9.17) is 4.74 Å². The summed E-state index contributed by atoms with van der Waals surface area (Å²) >= 11 is 0. The number of sulfonamides is 2. The van der Waals surface area contributed by atoms with Crippen LogP contribution in [-0.2, 0) is 31.3 Å². The Bertz CT molecular complexity index is 1160. The maximum absolute atomic E-state index is 13.1. The van der Waals surface area contributed by atoms with Crippen LogP contribution in [0.5, 0.6) is 5.75 Å². The molecule has 0 aromatic heterocycles. The van der Waals surface area contributed by atoms with E-state index in [-0.39, 0.29) is 22.1 Å². The lowest BCUT2D eigenvalue weighted by atomic mass is 10.1. The summed E-state index contributed by atoms with van der Waals surface area (Å²) in [7, 11) is -6.67. The molecular weight excluding hydrogens is 416 g/mol. The summed E-state index contributed by atoms with van der Waals surface area (Å²) in [5.41, 5.74) is 1.18. The van der Waals surface area contributed by atoms with Crippen LogP contribution in [-0.4, -0.2) is 35.6 Å². The highest BCUT2D eigenvalue weighted by Gasteiger charge is 2.42. The number of nitrogens with one attached hydrogen (secondary N) is 1. The standard InChI is InChI=1S/C19H22N2O6S2/c1-4-14-7-5-6-8-16(14)20-29(25,26)18-11-15(9-10-17(18)27-3)21-19(22)13(2)12-28(21,23)24/h5-11,13,20H,4,12H2,1-3H3. The lowest BCUT2D eigenvalue weighted by molar-refractivity contribution is -0.119. The number of hydrogen-bond donors (Lipinski definition) is 1. The van der Waals surface area contributed by atoms with Crippen LogP contribution in [0.2, 0.25) is 0 Å². The van der Waals surface area contributed by atoms with E-state index in [0.29, 0.717) is 16.4 Å². The van der Waals surface area contributed by atoms with E-state index >= 15 is 0 Å². The first-order valence-electron chi connectivity index (χ1n) is 8.96. The molecule has 29 heavy (non-hydrogen) atoms. The first-order chi connectivity index (χ1) is 13.6. The molecule has 1 N–H and O–H groups in total. The third kappa shape index (κ3) is 3.95. The number of hydrogen-bond acceptors (Lipinski definition) is 6. The molecule has 2 aromatic carbocycles. The van der Waals surface area contributed by atoms with Crippen molar-refractivity contribution in [3.8, 4) is 5.75 Å². The summed E-state index contributed by atoms with van der Waals surface area (Å²) in [5.74, 6) is -1.57. The van der Waals surface area contributed by atoms with Crippen molar-refractivity contribution in [1.82, 2.24) is 0 Å². The molecule has 1 amide bonds. The molecule has 3 rings (SSSR count).